The van der Waals surface area contributed by atoms with Crippen LogP contribution in [0.1, 0.15) is 24.0 Å². The van der Waals surface area contributed by atoms with Gasteiger partial charge in [-0.05, 0) is 24.5 Å². The first-order chi connectivity index (χ1) is 11.9. The number of rotatable bonds is 6. The monoisotopic (exact) mass is 356 g/mol. The highest BCUT2D eigenvalue weighted by Crippen LogP contribution is 2.31. The number of halogens is 3. The summed E-state index contributed by atoms with van der Waals surface area (Å²) in [6.45, 7) is 2.06. The molecule has 7 heteroatoms. The smallest absolute Gasteiger partial charge is 0.384 e. The van der Waals surface area contributed by atoms with Crippen molar-refractivity contribution in [1.29, 1.82) is 0 Å². The second kappa shape index (κ2) is 7.33. The number of amides is 1. The summed E-state index contributed by atoms with van der Waals surface area (Å²) in [5, 5.41) is 3.03. The molecule has 1 aromatic rings. The van der Waals surface area contributed by atoms with Gasteiger partial charge in [0.25, 0.3) is 0 Å². The molecular weight excluding hydrogens is 333 g/mol. The van der Waals surface area contributed by atoms with Gasteiger partial charge in [0, 0.05) is 38.7 Å². The molecule has 25 heavy (non-hydrogen) atoms. The summed E-state index contributed by atoms with van der Waals surface area (Å²) >= 11 is 0. The Bertz CT molecular complexity index is 617. The summed E-state index contributed by atoms with van der Waals surface area (Å²) in [5.74, 6) is -0.0722. The van der Waals surface area contributed by atoms with Crippen molar-refractivity contribution >= 4 is 5.91 Å². The summed E-state index contributed by atoms with van der Waals surface area (Å²) < 4.78 is 43.8. The Hall–Kier alpha value is -1.60. The first-order valence-corrected chi connectivity index (χ1v) is 8.54. The van der Waals surface area contributed by atoms with E-state index in [0.717, 1.165) is 18.9 Å². The van der Waals surface area contributed by atoms with Gasteiger partial charge in [-0.15, -0.1) is 0 Å². The number of carbonyl (C=O) groups is 1. The van der Waals surface area contributed by atoms with E-state index in [9.17, 15) is 18.0 Å². The van der Waals surface area contributed by atoms with E-state index in [1.165, 1.54) is 12.1 Å². The van der Waals surface area contributed by atoms with E-state index in [4.69, 9.17) is 4.74 Å². The van der Waals surface area contributed by atoms with Crippen LogP contribution in [0.5, 0.6) is 0 Å². The minimum Gasteiger partial charge on any atom is -0.384 e. The minimum absolute atomic E-state index is 0.0380. The zero-order chi connectivity index (χ0) is 18.0. The predicted molar refractivity (Wildman–Crippen MR) is 86.7 cm³/mol. The van der Waals surface area contributed by atoms with Gasteiger partial charge in [-0.25, -0.2) is 0 Å². The first-order valence-electron chi connectivity index (χ1n) is 8.54. The zero-order valence-corrected chi connectivity index (χ0v) is 14.2. The van der Waals surface area contributed by atoms with Crippen LogP contribution in [0.2, 0.25) is 0 Å². The highest BCUT2D eigenvalue weighted by Gasteiger charge is 2.39. The molecule has 1 amide bonds. The molecule has 2 unspecified atom stereocenters. The van der Waals surface area contributed by atoms with E-state index in [1.54, 1.807) is 13.2 Å². The summed E-state index contributed by atoms with van der Waals surface area (Å²) in [4.78, 5) is 14.5. The van der Waals surface area contributed by atoms with E-state index in [-0.39, 0.29) is 17.7 Å². The fraction of sp³-hybridized carbons (Fsp3) is 0.611. The number of nitrogens with zero attached hydrogens (tertiary/aromatic N) is 1. The Morgan fingerprint density at radius 3 is 2.72 bits per heavy atom. The van der Waals surface area contributed by atoms with Gasteiger partial charge in [-0.3, -0.25) is 9.69 Å². The molecule has 0 bridgehead atoms. The molecule has 0 aromatic heterocycles. The zero-order valence-electron chi connectivity index (χ0n) is 14.2. The maximum Gasteiger partial charge on any atom is 0.416 e. The average Bonchev–Trinajstić information content (AvgIpc) is 3.27. The molecule has 4 nitrogen and oxygen atoms in total. The van der Waals surface area contributed by atoms with Gasteiger partial charge < -0.3 is 10.1 Å². The highest BCUT2D eigenvalue weighted by molar-refractivity contribution is 5.80. The fourth-order valence-electron chi connectivity index (χ4n) is 3.41. The third kappa shape index (κ3) is 4.73. The number of hydrogen-bond donors (Lipinski definition) is 1. The third-order valence-electron chi connectivity index (χ3n) is 4.82. The average molecular weight is 356 g/mol. The van der Waals surface area contributed by atoms with Crippen LogP contribution in [-0.2, 0) is 22.3 Å². The van der Waals surface area contributed by atoms with Gasteiger partial charge >= 0.3 is 6.18 Å². The van der Waals surface area contributed by atoms with Crippen LogP contribution in [0.3, 0.4) is 0 Å². The maximum atomic E-state index is 12.9. The Morgan fingerprint density at radius 2 is 2.08 bits per heavy atom. The lowest BCUT2D eigenvalue weighted by Gasteiger charge is -2.17. The molecule has 1 saturated carbocycles. The van der Waals surface area contributed by atoms with Crippen LogP contribution in [0.4, 0.5) is 13.2 Å². The van der Waals surface area contributed by atoms with E-state index in [1.807, 2.05) is 4.90 Å². The number of likely N-dealkylation sites (tertiary alicyclic amines) is 1. The van der Waals surface area contributed by atoms with Gasteiger partial charge in [-0.1, -0.05) is 18.2 Å². The molecule has 2 aliphatic rings. The van der Waals surface area contributed by atoms with E-state index in [0.29, 0.717) is 37.8 Å². The molecule has 138 valence electrons. The van der Waals surface area contributed by atoms with Gasteiger partial charge in [0.1, 0.15) is 0 Å². The van der Waals surface area contributed by atoms with Crippen molar-refractivity contribution in [2.75, 3.05) is 26.8 Å². The lowest BCUT2D eigenvalue weighted by atomic mass is 9.96. The number of nitrogens with one attached hydrogen (secondary N) is 1. The topological polar surface area (TPSA) is 41.6 Å². The molecule has 0 radical (unpaired) electrons. The predicted octanol–water partition coefficient (Wildman–Crippen LogP) is 2.68. The number of benzene rings is 1. The van der Waals surface area contributed by atoms with Gasteiger partial charge in [0.05, 0.1) is 18.1 Å². The van der Waals surface area contributed by atoms with Crippen LogP contribution >= 0.6 is 0 Å². The summed E-state index contributed by atoms with van der Waals surface area (Å²) in [7, 11) is 1.60. The lowest BCUT2D eigenvalue weighted by Crippen LogP contribution is -2.37. The first kappa shape index (κ1) is 18.2. The number of carbonyl (C=O) groups excluding carboxylic acids is 1. The van der Waals surface area contributed by atoms with Crippen molar-refractivity contribution in [1.82, 2.24) is 10.2 Å². The Labute approximate surface area is 145 Å². The molecule has 2 fully saturated rings. The van der Waals surface area contributed by atoms with Gasteiger partial charge in [0.15, 0.2) is 0 Å². The van der Waals surface area contributed by atoms with Crippen LogP contribution in [0.25, 0.3) is 0 Å². The van der Waals surface area contributed by atoms with Crippen molar-refractivity contribution in [2.24, 2.45) is 11.8 Å². The molecule has 0 spiro atoms. The minimum atomic E-state index is -4.34. The molecule has 1 aliphatic heterocycles. The van der Waals surface area contributed by atoms with Crippen molar-refractivity contribution in [3.8, 4) is 0 Å². The molecule has 1 heterocycles. The summed E-state index contributed by atoms with van der Waals surface area (Å²) in [5.41, 5.74) is -0.0325. The molecule has 1 aliphatic carbocycles. The van der Waals surface area contributed by atoms with Crippen LogP contribution in [0, 0.1) is 11.8 Å². The molecule has 2 atom stereocenters. The van der Waals surface area contributed by atoms with E-state index < -0.39 is 11.7 Å². The largest absolute Gasteiger partial charge is 0.416 e. The van der Waals surface area contributed by atoms with Crippen molar-refractivity contribution in [3.05, 3.63) is 35.4 Å². The van der Waals surface area contributed by atoms with E-state index >= 15 is 0 Å². The van der Waals surface area contributed by atoms with Crippen LogP contribution < -0.4 is 5.32 Å². The highest BCUT2D eigenvalue weighted by atomic mass is 19.4. The number of alkyl halides is 3. The van der Waals surface area contributed by atoms with Crippen LogP contribution in [0.15, 0.2) is 24.3 Å². The number of methoxy groups -OCH3 is 1. The summed E-state index contributed by atoms with van der Waals surface area (Å²) in [6, 6.07) is 5.68. The van der Waals surface area contributed by atoms with Crippen molar-refractivity contribution < 1.29 is 22.7 Å². The quantitative estimate of drug-likeness (QED) is 0.852. The molecule has 1 aromatic carbocycles. The Morgan fingerprint density at radius 1 is 1.32 bits per heavy atom. The second-order valence-electron chi connectivity index (χ2n) is 7.00. The van der Waals surface area contributed by atoms with Gasteiger partial charge in [-0.2, -0.15) is 13.2 Å². The van der Waals surface area contributed by atoms with Crippen molar-refractivity contribution in [3.63, 3.8) is 0 Å². The number of ether oxygens (including phenoxy) is 1. The SMILES string of the molecule is COCC1CN(Cc2cccc(C(F)(F)F)c2)CC1C(=O)NC1CC1. The Kier molecular flexibility index (Phi) is 5.34. The Balaban J connectivity index is 1.65. The lowest BCUT2D eigenvalue weighted by molar-refractivity contribution is -0.137. The standard InChI is InChI=1S/C18H23F3N2O2/c1-25-11-13-9-23(10-16(13)17(24)22-15-5-6-15)8-12-3-2-4-14(7-12)18(19,20)21/h2-4,7,13,15-16H,5-6,8-11H2,1H3,(H,22,24). The third-order valence-corrected chi connectivity index (χ3v) is 4.82. The van der Waals surface area contributed by atoms with Crippen molar-refractivity contribution in [2.45, 2.75) is 31.6 Å². The van der Waals surface area contributed by atoms with Gasteiger partial charge in [0.2, 0.25) is 5.91 Å². The number of hydrogen-bond acceptors (Lipinski definition) is 3. The summed E-state index contributed by atoms with van der Waals surface area (Å²) in [6.07, 6.45) is -2.28. The normalized spacial score (nSPS) is 24.5. The molecule has 1 saturated heterocycles. The fourth-order valence-corrected chi connectivity index (χ4v) is 3.41. The maximum absolute atomic E-state index is 12.9. The van der Waals surface area contributed by atoms with E-state index in [2.05, 4.69) is 5.32 Å². The second-order valence-corrected chi connectivity index (χ2v) is 7.00. The molecule has 1 N–H and O–H groups in total. The molecular formula is C18H23F3N2O2. The van der Waals surface area contributed by atoms with Crippen LogP contribution in [-0.4, -0.2) is 43.7 Å². The molecule has 3 rings (SSSR count).